The molecule has 17 heavy (non-hydrogen) atoms. The lowest BCUT2D eigenvalue weighted by Crippen LogP contribution is -2.38. The van der Waals surface area contributed by atoms with Crippen LogP contribution in [-0.4, -0.2) is 38.4 Å². The maximum Gasteiger partial charge on any atom is 0.191 e. The van der Waals surface area contributed by atoms with E-state index in [-0.39, 0.29) is 0 Å². The Kier molecular flexibility index (Phi) is 5.48. The van der Waals surface area contributed by atoms with Gasteiger partial charge in [-0.15, -0.1) is 0 Å². The predicted octanol–water partition coefficient (Wildman–Crippen LogP) is 0.603. The fourth-order valence-electron chi connectivity index (χ4n) is 1.42. The summed E-state index contributed by atoms with van der Waals surface area (Å²) in [4.78, 5) is 4.11. The number of hydrogen-bond donors (Lipinski definition) is 2. The molecule has 0 spiro atoms. The number of nitrogens with one attached hydrogen (secondary N) is 2. The van der Waals surface area contributed by atoms with Crippen molar-refractivity contribution in [2.45, 2.75) is 20.4 Å². The summed E-state index contributed by atoms with van der Waals surface area (Å²) >= 11 is 0. The van der Waals surface area contributed by atoms with Gasteiger partial charge < -0.3 is 19.9 Å². The van der Waals surface area contributed by atoms with E-state index in [4.69, 9.17) is 9.26 Å². The Bertz CT molecular complexity index is 354. The van der Waals surface area contributed by atoms with Gasteiger partial charge in [0.15, 0.2) is 5.96 Å². The second-order valence-corrected chi connectivity index (χ2v) is 3.65. The van der Waals surface area contributed by atoms with Crippen molar-refractivity contribution in [3.63, 3.8) is 0 Å². The Morgan fingerprint density at radius 3 is 2.71 bits per heavy atom. The van der Waals surface area contributed by atoms with Crippen LogP contribution in [0.3, 0.4) is 0 Å². The fraction of sp³-hybridized carbons (Fsp3) is 0.636. The molecule has 0 aromatic carbocycles. The number of aliphatic imine (C=N–C) groups is 1. The molecule has 0 radical (unpaired) electrons. The Morgan fingerprint density at radius 2 is 2.18 bits per heavy atom. The van der Waals surface area contributed by atoms with Gasteiger partial charge in [0, 0.05) is 32.8 Å². The minimum absolute atomic E-state index is 0.645. The summed E-state index contributed by atoms with van der Waals surface area (Å²) in [6.45, 7) is 5.84. The van der Waals surface area contributed by atoms with Crippen LogP contribution in [0, 0.1) is 13.8 Å². The van der Waals surface area contributed by atoms with Crippen LogP contribution in [0.4, 0.5) is 0 Å². The molecule has 0 aliphatic carbocycles. The average molecular weight is 240 g/mol. The minimum atomic E-state index is 0.645. The molecule has 0 bridgehead atoms. The average Bonchev–Trinajstić information content (AvgIpc) is 2.64. The van der Waals surface area contributed by atoms with E-state index in [9.17, 15) is 0 Å². The molecule has 0 aliphatic rings. The summed E-state index contributed by atoms with van der Waals surface area (Å²) in [6, 6.07) is 0. The monoisotopic (exact) mass is 240 g/mol. The van der Waals surface area contributed by atoms with Gasteiger partial charge in [0.2, 0.25) is 0 Å². The van der Waals surface area contributed by atoms with Gasteiger partial charge in [-0.2, -0.15) is 0 Å². The van der Waals surface area contributed by atoms with E-state index in [2.05, 4.69) is 20.8 Å². The van der Waals surface area contributed by atoms with Crippen LogP contribution in [-0.2, 0) is 11.3 Å². The molecule has 0 fully saturated rings. The maximum absolute atomic E-state index is 5.09. The molecule has 0 amide bonds. The van der Waals surface area contributed by atoms with E-state index < -0.39 is 0 Å². The first kappa shape index (κ1) is 13.5. The first-order chi connectivity index (χ1) is 8.19. The van der Waals surface area contributed by atoms with Crippen molar-refractivity contribution in [1.82, 2.24) is 15.8 Å². The van der Waals surface area contributed by atoms with Crippen LogP contribution in [0.15, 0.2) is 9.52 Å². The number of aromatic nitrogens is 1. The standard InChI is InChI=1S/C11H20N4O2/c1-8-10(9(2)17-15-8)7-14-11(12-3)13-5-6-16-4/h5-7H2,1-4H3,(H2,12,13,14). The van der Waals surface area contributed by atoms with E-state index in [0.717, 1.165) is 29.5 Å². The first-order valence-electron chi connectivity index (χ1n) is 5.54. The number of aryl methyl sites for hydroxylation is 2. The third-order valence-electron chi connectivity index (χ3n) is 2.44. The molecule has 1 aromatic rings. The summed E-state index contributed by atoms with van der Waals surface area (Å²) in [5.74, 6) is 1.57. The van der Waals surface area contributed by atoms with E-state index in [0.29, 0.717) is 13.2 Å². The van der Waals surface area contributed by atoms with Gasteiger partial charge in [0.25, 0.3) is 0 Å². The molecule has 1 aromatic heterocycles. The molecule has 0 saturated heterocycles. The smallest absolute Gasteiger partial charge is 0.191 e. The highest BCUT2D eigenvalue weighted by Gasteiger charge is 2.08. The highest BCUT2D eigenvalue weighted by atomic mass is 16.5. The lowest BCUT2D eigenvalue weighted by atomic mass is 10.2. The Labute approximate surface area is 101 Å². The number of rotatable bonds is 5. The van der Waals surface area contributed by atoms with Crippen LogP contribution in [0.5, 0.6) is 0 Å². The van der Waals surface area contributed by atoms with E-state index >= 15 is 0 Å². The predicted molar refractivity (Wildman–Crippen MR) is 66.1 cm³/mol. The highest BCUT2D eigenvalue weighted by molar-refractivity contribution is 5.79. The van der Waals surface area contributed by atoms with E-state index in [1.807, 2.05) is 13.8 Å². The molecule has 6 nitrogen and oxygen atoms in total. The second-order valence-electron chi connectivity index (χ2n) is 3.65. The van der Waals surface area contributed by atoms with Gasteiger partial charge in [0.05, 0.1) is 12.3 Å². The van der Waals surface area contributed by atoms with Crippen LogP contribution < -0.4 is 10.6 Å². The number of hydrogen-bond acceptors (Lipinski definition) is 4. The third kappa shape index (κ3) is 4.07. The number of guanidine groups is 1. The molecule has 0 saturated carbocycles. The lowest BCUT2D eigenvalue weighted by molar-refractivity contribution is 0.203. The number of nitrogens with zero attached hydrogens (tertiary/aromatic N) is 2. The quantitative estimate of drug-likeness (QED) is 0.448. The van der Waals surface area contributed by atoms with Crippen molar-refractivity contribution in [2.75, 3.05) is 27.3 Å². The first-order valence-corrected chi connectivity index (χ1v) is 5.54. The Morgan fingerprint density at radius 1 is 1.41 bits per heavy atom. The SMILES string of the molecule is CN=C(NCCOC)NCc1c(C)noc1C. The zero-order chi connectivity index (χ0) is 12.7. The Balaban J connectivity index is 2.43. The summed E-state index contributed by atoms with van der Waals surface area (Å²) in [5.41, 5.74) is 1.97. The number of ether oxygens (including phenoxy) is 1. The minimum Gasteiger partial charge on any atom is -0.383 e. The van der Waals surface area contributed by atoms with Gasteiger partial charge in [-0.05, 0) is 13.8 Å². The van der Waals surface area contributed by atoms with E-state index in [1.165, 1.54) is 0 Å². The lowest BCUT2D eigenvalue weighted by Gasteiger charge is -2.11. The zero-order valence-corrected chi connectivity index (χ0v) is 10.8. The zero-order valence-electron chi connectivity index (χ0n) is 10.8. The molecule has 2 N–H and O–H groups in total. The summed E-state index contributed by atoms with van der Waals surface area (Å²) in [7, 11) is 3.40. The largest absolute Gasteiger partial charge is 0.383 e. The van der Waals surface area contributed by atoms with Gasteiger partial charge in [-0.25, -0.2) is 0 Å². The van der Waals surface area contributed by atoms with Crippen LogP contribution in [0.1, 0.15) is 17.0 Å². The number of methoxy groups -OCH3 is 1. The topological polar surface area (TPSA) is 71.7 Å². The second kappa shape index (κ2) is 6.90. The van der Waals surface area contributed by atoms with Crippen molar-refractivity contribution in [3.05, 3.63) is 17.0 Å². The van der Waals surface area contributed by atoms with Crippen LogP contribution >= 0.6 is 0 Å². The molecule has 0 atom stereocenters. The summed E-state index contributed by atoms with van der Waals surface area (Å²) in [6.07, 6.45) is 0. The van der Waals surface area contributed by atoms with Crippen molar-refractivity contribution in [2.24, 2.45) is 4.99 Å². The molecule has 6 heteroatoms. The third-order valence-corrected chi connectivity index (χ3v) is 2.44. The maximum atomic E-state index is 5.09. The van der Waals surface area contributed by atoms with Crippen molar-refractivity contribution in [3.8, 4) is 0 Å². The van der Waals surface area contributed by atoms with Gasteiger partial charge in [0.1, 0.15) is 5.76 Å². The summed E-state index contributed by atoms with van der Waals surface area (Å²) < 4.78 is 10.0. The van der Waals surface area contributed by atoms with E-state index in [1.54, 1.807) is 14.2 Å². The van der Waals surface area contributed by atoms with Crippen molar-refractivity contribution < 1.29 is 9.26 Å². The summed E-state index contributed by atoms with van der Waals surface area (Å²) in [5, 5.41) is 10.2. The molecule has 96 valence electrons. The normalized spacial score (nSPS) is 11.6. The van der Waals surface area contributed by atoms with Gasteiger partial charge >= 0.3 is 0 Å². The molecular weight excluding hydrogens is 220 g/mol. The highest BCUT2D eigenvalue weighted by Crippen LogP contribution is 2.11. The van der Waals surface area contributed by atoms with Crippen molar-refractivity contribution in [1.29, 1.82) is 0 Å². The fourth-order valence-corrected chi connectivity index (χ4v) is 1.42. The molecule has 0 unspecified atom stereocenters. The molecule has 0 aliphatic heterocycles. The Hall–Kier alpha value is -1.56. The van der Waals surface area contributed by atoms with Crippen molar-refractivity contribution >= 4 is 5.96 Å². The van der Waals surface area contributed by atoms with Crippen LogP contribution in [0.25, 0.3) is 0 Å². The molecule has 1 heterocycles. The van der Waals surface area contributed by atoms with Gasteiger partial charge in [-0.3, -0.25) is 4.99 Å². The molecule has 1 rings (SSSR count). The van der Waals surface area contributed by atoms with Crippen LogP contribution in [0.2, 0.25) is 0 Å². The molecular formula is C11H20N4O2. The van der Waals surface area contributed by atoms with Gasteiger partial charge in [-0.1, -0.05) is 5.16 Å².